The second kappa shape index (κ2) is 26.5. The average Bonchev–Trinajstić information content (AvgIpc) is 4.10. The number of hydrogen-bond acceptors (Lipinski definition) is 11. The summed E-state index contributed by atoms with van der Waals surface area (Å²) in [7, 11) is 0. The Morgan fingerprint density at radius 1 is 0.645 bits per heavy atom. The molecule has 6 rings (SSSR count). The summed E-state index contributed by atoms with van der Waals surface area (Å²) in [5, 5.41) is 29.5. The fraction of sp³-hybridized carbons (Fsp3) is 0.617. The van der Waals surface area contributed by atoms with Gasteiger partial charge in [-0.3, -0.25) is 24.0 Å². The SMILES string of the molecule is C.CC(=O)N[C@H](C(=O)N1C[C@H](O)C[C@H]1C(=O)N[C@@H](C)c1ccc(-c2scnc2C)cc1CC(C)(C)C)C(C)(C)C.CC(C)(C)C.Cc1ncsc1-c1ccc([C@H](C)NC(=O)[C@@H]2C[C@@H](O)CN2C(=O)C(C)C(C)(C)C)cc1. The van der Waals surface area contributed by atoms with E-state index in [2.05, 4.69) is 92.6 Å². The van der Waals surface area contributed by atoms with Crippen LogP contribution in [0.4, 0.5) is 0 Å². The van der Waals surface area contributed by atoms with Gasteiger partial charge in [-0.2, -0.15) is 0 Å². The van der Waals surface area contributed by atoms with Crippen molar-refractivity contribution in [3.05, 3.63) is 81.6 Å². The van der Waals surface area contributed by atoms with Crippen LogP contribution in [0.15, 0.2) is 53.5 Å². The monoisotopic (exact) mass is 1090 g/mol. The fourth-order valence-corrected chi connectivity index (χ4v) is 10.6. The molecule has 2 aliphatic heterocycles. The first kappa shape index (κ1) is 65.3. The Morgan fingerprint density at radius 3 is 1.49 bits per heavy atom. The van der Waals surface area contributed by atoms with E-state index >= 15 is 0 Å². The smallest absolute Gasteiger partial charge is 0.246 e. The number of nitrogens with one attached hydrogen (secondary N) is 3. The molecule has 0 aliphatic carbocycles. The van der Waals surface area contributed by atoms with Crippen LogP contribution in [0.25, 0.3) is 20.9 Å². The molecule has 2 aromatic carbocycles. The maximum Gasteiger partial charge on any atom is 0.246 e. The Hall–Kier alpha value is -5.03. The zero-order chi connectivity index (χ0) is 56.7. The number of β-amino-alcohol motifs (C(OH)–C–C–N with tert-alkyl or cyclic N) is 2. The van der Waals surface area contributed by atoms with Gasteiger partial charge in [0.25, 0.3) is 0 Å². The molecule has 5 N–H and O–H groups in total. The molecule has 1 unspecified atom stereocenters. The van der Waals surface area contributed by atoms with Crippen molar-refractivity contribution in [3.8, 4) is 20.9 Å². The number of aliphatic hydroxyl groups excluding tert-OH is 2. The van der Waals surface area contributed by atoms with E-state index in [4.69, 9.17) is 0 Å². The van der Waals surface area contributed by atoms with E-state index < -0.39 is 35.7 Å². The standard InChI is InChI=1S/C30H44N4O4S.C24H33N3O3S.C5H12.CH4/c1-17(23-11-10-20(25-18(2)31-16-39-25)12-21(23)14-29(4,5)6)32-27(37)24-13-22(36)15-34(24)28(38)26(30(7,8)9)33-19(3)35;1-14(24(4,5)6)23(30)27-12-19(28)11-20(27)22(29)26-15(2)17-7-9-18(10-8-17)21-16(3)25-13-31-21;1-5(2,3)4;/h10-12,16-17,22,24,26,36H,13-15H2,1-9H3,(H,32,37)(H,33,35);7-10,13-15,19-20,28H,11-12H2,1-6H3,(H,26,29);1-4H3;1H4/t17-,22+,24-,26+;14?,15-,19+,20-;;/m00../s1. The Balaban J connectivity index is 0.000000370. The predicted octanol–water partition coefficient (Wildman–Crippen LogP) is 11.0. The summed E-state index contributed by atoms with van der Waals surface area (Å²) < 4.78 is 0. The fourth-order valence-electron chi connectivity index (χ4n) is 9.00. The second-order valence-corrected chi connectivity index (χ2v) is 27.4. The Kier molecular flexibility index (Phi) is 22.8. The summed E-state index contributed by atoms with van der Waals surface area (Å²) in [6.07, 6.45) is -0.240. The maximum absolute atomic E-state index is 13.6. The third-order valence-corrected chi connectivity index (χ3v) is 15.3. The van der Waals surface area contributed by atoms with Crippen molar-refractivity contribution in [2.45, 2.75) is 201 Å². The first-order valence-electron chi connectivity index (χ1n) is 26.3. The molecule has 14 nitrogen and oxygen atoms in total. The number of rotatable bonds is 12. The second-order valence-electron chi connectivity index (χ2n) is 25.6. The molecule has 2 aromatic heterocycles. The van der Waals surface area contributed by atoms with Gasteiger partial charge in [-0.15, -0.1) is 22.7 Å². The van der Waals surface area contributed by atoms with E-state index in [-0.39, 0.29) is 91.7 Å². The van der Waals surface area contributed by atoms with Crippen molar-refractivity contribution in [1.82, 2.24) is 35.7 Å². The van der Waals surface area contributed by atoms with Crippen LogP contribution in [0.3, 0.4) is 0 Å². The summed E-state index contributed by atoms with van der Waals surface area (Å²) in [5.41, 5.74) is 10.8. The molecular weight excluding hydrogens is 995 g/mol. The molecule has 0 radical (unpaired) electrons. The van der Waals surface area contributed by atoms with E-state index in [1.165, 1.54) is 11.8 Å². The number of carbonyl (C=O) groups is 5. The molecule has 2 aliphatic rings. The van der Waals surface area contributed by atoms with E-state index in [1.54, 1.807) is 27.6 Å². The predicted molar refractivity (Wildman–Crippen MR) is 311 cm³/mol. The van der Waals surface area contributed by atoms with Crippen LogP contribution in [-0.2, 0) is 30.4 Å². The van der Waals surface area contributed by atoms with Gasteiger partial charge in [0.1, 0.15) is 18.1 Å². The Labute approximate surface area is 463 Å². The van der Waals surface area contributed by atoms with Crippen molar-refractivity contribution < 1.29 is 34.2 Å². The average molecular weight is 1090 g/mol. The first-order valence-corrected chi connectivity index (χ1v) is 28.1. The van der Waals surface area contributed by atoms with Gasteiger partial charge in [-0.25, -0.2) is 9.97 Å². The maximum atomic E-state index is 13.6. The van der Waals surface area contributed by atoms with Gasteiger partial charge >= 0.3 is 0 Å². The highest BCUT2D eigenvalue weighted by atomic mass is 32.1. The molecule has 4 heterocycles. The van der Waals surface area contributed by atoms with Crippen molar-refractivity contribution in [1.29, 1.82) is 0 Å². The molecule has 76 heavy (non-hydrogen) atoms. The highest BCUT2D eigenvalue weighted by Crippen LogP contribution is 2.35. The number of nitrogens with zero attached hydrogens (tertiary/aromatic N) is 4. The van der Waals surface area contributed by atoms with Gasteiger partial charge in [0.15, 0.2) is 0 Å². The molecule has 16 heteroatoms. The lowest BCUT2D eigenvalue weighted by molar-refractivity contribution is -0.144. The molecule has 8 atom stereocenters. The highest BCUT2D eigenvalue weighted by molar-refractivity contribution is 7.13. The topological polar surface area (TPSA) is 194 Å². The summed E-state index contributed by atoms with van der Waals surface area (Å²) in [6.45, 7) is 38.3. The van der Waals surface area contributed by atoms with Crippen LogP contribution in [0.5, 0.6) is 0 Å². The van der Waals surface area contributed by atoms with Crippen LogP contribution >= 0.6 is 22.7 Å². The number of carbonyl (C=O) groups excluding carboxylic acids is 5. The number of amides is 5. The first-order chi connectivity index (χ1) is 34.5. The van der Waals surface area contributed by atoms with Crippen LogP contribution in [-0.4, -0.2) is 103 Å². The van der Waals surface area contributed by atoms with Gasteiger partial charge in [-0.05, 0) is 89.7 Å². The van der Waals surface area contributed by atoms with Gasteiger partial charge in [0.2, 0.25) is 29.5 Å². The number of likely N-dealkylation sites (tertiary alicyclic amines) is 2. The van der Waals surface area contributed by atoms with E-state index in [0.29, 0.717) is 5.41 Å². The summed E-state index contributed by atoms with van der Waals surface area (Å²) in [4.78, 5) is 79.0. The Morgan fingerprint density at radius 2 is 1.08 bits per heavy atom. The third-order valence-electron chi connectivity index (χ3n) is 13.3. The van der Waals surface area contributed by atoms with Crippen LogP contribution < -0.4 is 16.0 Å². The van der Waals surface area contributed by atoms with Gasteiger partial charge in [0, 0.05) is 38.8 Å². The Bertz CT molecular complexity index is 2570. The van der Waals surface area contributed by atoms with Crippen molar-refractivity contribution in [2.24, 2.45) is 27.6 Å². The normalized spacial score (nSPS) is 19.4. The molecule has 4 aromatic rings. The summed E-state index contributed by atoms with van der Waals surface area (Å²) in [6, 6.07) is 11.6. The van der Waals surface area contributed by atoms with E-state index in [0.717, 1.165) is 55.4 Å². The van der Waals surface area contributed by atoms with Gasteiger partial charge < -0.3 is 36.0 Å². The number of aliphatic hydroxyl groups is 2. The lowest BCUT2D eigenvalue weighted by Crippen LogP contribution is -2.57. The zero-order valence-electron chi connectivity index (χ0n) is 48.4. The molecule has 0 spiro atoms. The molecule has 2 saturated heterocycles. The van der Waals surface area contributed by atoms with Crippen molar-refractivity contribution in [3.63, 3.8) is 0 Å². The van der Waals surface area contributed by atoms with Crippen molar-refractivity contribution >= 4 is 52.2 Å². The molecule has 0 bridgehead atoms. The van der Waals surface area contributed by atoms with E-state index in [9.17, 15) is 34.2 Å². The number of hydrogen-bond donors (Lipinski definition) is 5. The number of benzene rings is 2. The largest absolute Gasteiger partial charge is 0.391 e. The number of aromatic nitrogens is 2. The molecule has 2 fully saturated rings. The minimum atomic E-state index is -0.821. The number of thiazole rings is 2. The van der Waals surface area contributed by atoms with Gasteiger partial charge in [-0.1, -0.05) is 141 Å². The third kappa shape index (κ3) is 18.6. The zero-order valence-corrected chi connectivity index (χ0v) is 50.0. The molecule has 422 valence electrons. The number of aryl methyl sites for hydroxylation is 2. The highest BCUT2D eigenvalue weighted by Gasteiger charge is 2.45. The van der Waals surface area contributed by atoms with Crippen LogP contribution in [0, 0.1) is 41.4 Å². The minimum Gasteiger partial charge on any atom is -0.391 e. The quantitative estimate of drug-likeness (QED) is 0.0918. The van der Waals surface area contributed by atoms with Crippen LogP contribution in [0.1, 0.15) is 178 Å². The van der Waals surface area contributed by atoms with Crippen LogP contribution in [0.2, 0.25) is 0 Å². The summed E-state index contributed by atoms with van der Waals surface area (Å²) in [5.74, 6) is -1.54. The molecule has 5 amide bonds. The van der Waals surface area contributed by atoms with Gasteiger partial charge in [0.05, 0.1) is 56.5 Å². The molecular formula is C60H93N7O7S2. The van der Waals surface area contributed by atoms with Crippen molar-refractivity contribution in [2.75, 3.05) is 13.1 Å². The van der Waals surface area contributed by atoms with E-state index in [1.807, 2.05) is 111 Å². The molecule has 0 saturated carbocycles. The lowest BCUT2D eigenvalue weighted by Gasteiger charge is -2.35. The minimum absolute atomic E-state index is 0. The summed E-state index contributed by atoms with van der Waals surface area (Å²) >= 11 is 3.22. The lowest BCUT2D eigenvalue weighted by atomic mass is 9.81.